The van der Waals surface area contributed by atoms with Crippen LogP contribution in [0.3, 0.4) is 0 Å². The highest BCUT2D eigenvalue weighted by Crippen LogP contribution is 2.19. The van der Waals surface area contributed by atoms with Crippen LogP contribution in [-0.4, -0.2) is 31.6 Å². The predicted octanol–water partition coefficient (Wildman–Crippen LogP) is 3.07. The van der Waals surface area contributed by atoms with Crippen LogP contribution in [0.4, 0.5) is 0 Å². The Morgan fingerprint density at radius 2 is 1.95 bits per heavy atom. The van der Waals surface area contributed by atoms with E-state index in [4.69, 9.17) is 0 Å². The Balaban J connectivity index is 1.97. The third kappa shape index (κ3) is 4.63. The molecule has 0 aliphatic carbocycles. The molecule has 1 aliphatic rings. The SMILES string of the molecule is CNCCc1ccccc1CN1CCCC(C)CC1. The fourth-order valence-electron chi connectivity index (χ4n) is 2.94. The molecular weight excluding hydrogens is 232 g/mol. The van der Waals surface area contributed by atoms with Crippen molar-refractivity contribution in [1.29, 1.82) is 0 Å². The number of hydrogen-bond acceptors (Lipinski definition) is 2. The number of nitrogens with zero attached hydrogens (tertiary/aromatic N) is 1. The average molecular weight is 260 g/mol. The molecule has 2 rings (SSSR count). The average Bonchev–Trinajstić information content (AvgIpc) is 2.63. The fraction of sp³-hybridized carbons (Fsp3) is 0.647. The lowest BCUT2D eigenvalue weighted by Gasteiger charge is -2.21. The second-order valence-corrected chi connectivity index (χ2v) is 5.93. The van der Waals surface area contributed by atoms with Crippen LogP contribution in [0.25, 0.3) is 0 Å². The Labute approximate surface area is 118 Å². The molecule has 1 unspecified atom stereocenters. The summed E-state index contributed by atoms with van der Waals surface area (Å²) >= 11 is 0. The lowest BCUT2D eigenvalue weighted by molar-refractivity contribution is 0.273. The van der Waals surface area contributed by atoms with E-state index in [0.29, 0.717) is 0 Å². The summed E-state index contributed by atoms with van der Waals surface area (Å²) in [5, 5.41) is 3.25. The van der Waals surface area contributed by atoms with Gasteiger partial charge in [0.25, 0.3) is 0 Å². The smallest absolute Gasteiger partial charge is 0.0236 e. The Hall–Kier alpha value is -0.860. The van der Waals surface area contributed by atoms with Crippen molar-refractivity contribution in [2.24, 2.45) is 5.92 Å². The zero-order valence-electron chi connectivity index (χ0n) is 12.5. The minimum atomic E-state index is 0.907. The maximum absolute atomic E-state index is 3.25. The van der Waals surface area contributed by atoms with E-state index in [9.17, 15) is 0 Å². The molecular formula is C17H28N2. The van der Waals surface area contributed by atoms with Crippen LogP contribution in [0.5, 0.6) is 0 Å². The highest BCUT2D eigenvalue weighted by Gasteiger charge is 2.14. The van der Waals surface area contributed by atoms with Crippen LogP contribution in [-0.2, 0) is 13.0 Å². The molecule has 2 nitrogen and oxygen atoms in total. The third-order valence-corrected chi connectivity index (χ3v) is 4.27. The minimum Gasteiger partial charge on any atom is -0.319 e. The first-order valence-corrected chi connectivity index (χ1v) is 7.73. The lowest BCUT2D eigenvalue weighted by Crippen LogP contribution is -2.25. The van der Waals surface area contributed by atoms with Crippen LogP contribution in [0.2, 0.25) is 0 Å². The quantitative estimate of drug-likeness (QED) is 0.875. The molecule has 1 aromatic carbocycles. The van der Waals surface area contributed by atoms with E-state index in [0.717, 1.165) is 25.4 Å². The Kier molecular flexibility index (Phi) is 5.87. The number of likely N-dealkylation sites (N-methyl/N-ethyl adjacent to an activating group) is 1. The molecule has 0 saturated carbocycles. The van der Waals surface area contributed by atoms with Gasteiger partial charge in [0.1, 0.15) is 0 Å². The molecule has 106 valence electrons. The number of hydrogen-bond donors (Lipinski definition) is 1. The van der Waals surface area contributed by atoms with E-state index in [1.54, 1.807) is 0 Å². The number of rotatable bonds is 5. The van der Waals surface area contributed by atoms with Crippen molar-refractivity contribution in [3.63, 3.8) is 0 Å². The van der Waals surface area contributed by atoms with Gasteiger partial charge in [-0.05, 0) is 69.4 Å². The van der Waals surface area contributed by atoms with Crippen LogP contribution in [0.15, 0.2) is 24.3 Å². The van der Waals surface area contributed by atoms with Crippen molar-refractivity contribution < 1.29 is 0 Å². The summed E-state index contributed by atoms with van der Waals surface area (Å²) in [7, 11) is 2.03. The van der Waals surface area contributed by atoms with E-state index in [1.807, 2.05) is 7.05 Å². The van der Waals surface area contributed by atoms with Gasteiger partial charge in [0.2, 0.25) is 0 Å². The number of nitrogens with one attached hydrogen (secondary N) is 1. The summed E-state index contributed by atoms with van der Waals surface area (Å²) < 4.78 is 0. The topological polar surface area (TPSA) is 15.3 Å². The van der Waals surface area contributed by atoms with Crippen LogP contribution in [0, 0.1) is 5.92 Å². The van der Waals surface area contributed by atoms with Crippen molar-refractivity contribution in [2.75, 3.05) is 26.7 Å². The molecule has 1 heterocycles. The van der Waals surface area contributed by atoms with E-state index in [2.05, 4.69) is 41.4 Å². The summed E-state index contributed by atoms with van der Waals surface area (Å²) in [5.41, 5.74) is 3.03. The van der Waals surface area contributed by atoms with Gasteiger partial charge in [-0.2, -0.15) is 0 Å². The maximum Gasteiger partial charge on any atom is 0.0236 e. The lowest BCUT2D eigenvalue weighted by atomic mass is 10.0. The summed E-state index contributed by atoms with van der Waals surface area (Å²) in [6.07, 6.45) is 5.26. The zero-order valence-corrected chi connectivity index (χ0v) is 12.5. The van der Waals surface area contributed by atoms with Gasteiger partial charge in [0.15, 0.2) is 0 Å². The van der Waals surface area contributed by atoms with Gasteiger partial charge in [-0.3, -0.25) is 4.90 Å². The molecule has 0 aromatic heterocycles. The largest absolute Gasteiger partial charge is 0.319 e. The summed E-state index contributed by atoms with van der Waals surface area (Å²) in [4.78, 5) is 2.64. The maximum atomic E-state index is 3.25. The Bertz CT molecular complexity index is 375. The van der Waals surface area contributed by atoms with E-state index >= 15 is 0 Å². The van der Waals surface area contributed by atoms with Gasteiger partial charge in [0.05, 0.1) is 0 Å². The molecule has 0 spiro atoms. The van der Waals surface area contributed by atoms with Gasteiger partial charge in [0, 0.05) is 6.54 Å². The highest BCUT2D eigenvalue weighted by molar-refractivity contribution is 5.27. The first kappa shape index (κ1) is 14.5. The Morgan fingerprint density at radius 1 is 1.16 bits per heavy atom. The third-order valence-electron chi connectivity index (χ3n) is 4.27. The van der Waals surface area contributed by atoms with E-state index in [1.165, 1.54) is 43.5 Å². The van der Waals surface area contributed by atoms with Crippen molar-refractivity contribution in [3.05, 3.63) is 35.4 Å². The highest BCUT2D eigenvalue weighted by atomic mass is 15.1. The molecule has 1 atom stereocenters. The van der Waals surface area contributed by atoms with Crippen LogP contribution >= 0.6 is 0 Å². The molecule has 19 heavy (non-hydrogen) atoms. The van der Waals surface area contributed by atoms with Gasteiger partial charge < -0.3 is 5.32 Å². The minimum absolute atomic E-state index is 0.907. The molecule has 1 N–H and O–H groups in total. The molecule has 1 aliphatic heterocycles. The molecule has 0 amide bonds. The van der Waals surface area contributed by atoms with Crippen molar-refractivity contribution >= 4 is 0 Å². The summed E-state index contributed by atoms with van der Waals surface area (Å²) in [6, 6.07) is 8.93. The molecule has 1 aromatic rings. The van der Waals surface area contributed by atoms with Gasteiger partial charge in [-0.1, -0.05) is 31.2 Å². The molecule has 1 fully saturated rings. The summed E-state index contributed by atoms with van der Waals surface area (Å²) in [5.74, 6) is 0.907. The second kappa shape index (κ2) is 7.66. The van der Waals surface area contributed by atoms with E-state index in [-0.39, 0.29) is 0 Å². The van der Waals surface area contributed by atoms with Gasteiger partial charge >= 0.3 is 0 Å². The Morgan fingerprint density at radius 3 is 2.74 bits per heavy atom. The predicted molar refractivity (Wildman–Crippen MR) is 82.4 cm³/mol. The molecule has 2 heteroatoms. The standard InChI is InChI=1S/C17H28N2/c1-15-6-5-12-19(13-10-15)14-17-8-4-3-7-16(17)9-11-18-2/h3-4,7-8,15,18H,5-6,9-14H2,1-2H3. The van der Waals surface area contributed by atoms with Gasteiger partial charge in [-0.25, -0.2) is 0 Å². The van der Waals surface area contributed by atoms with E-state index < -0.39 is 0 Å². The van der Waals surface area contributed by atoms with Crippen molar-refractivity contribution in [3.8, 4) is 0 Å². The van der Waals surface area contributed by atoms with Crippen molar-refractivity contribution in [2.45, 2.75) is 39.2 Å². The number of likely N-dealkylation sites (tertiary alicyclic amines) is 1. The van der Waals surface area contributed by atoms with Crippen molar-refractivity contribution in [1.82, 2.24) is 10.2 Å². The normalized spacial score (nSPS) is 21.3. The van der Waals surface area contributed by atoms with Crippen LogP contribution < -0.4 is 5.32 Å². The molecule has 0 radical (unpaired) electrons. The molecule has 1 saturated heterocycles. The number of benzene rings is 1. The summed E-state index contributed by atoms with van der Waals surface area (Å²) in [6.45, 7) is 7.12. The second-order valence-electron chi connectivity index (χ2n) is 5.93. The van der Waals surface area contributed by atoms with Crippen LogP contribution in [0.1, 0.15) is 37.3 Å². The fourth-order valence-corrected chi connectivity index (χ4v) is 2.94. The first-order chi connectivity index (χ1) is 9.29. The monoisotopic (exact) mass is 260 g/mol. The van der Waals surface area contributed by atoms with Gasteiger partial charge in [-0.15, -0.1) is 0 Å². The zero-order chi connectivity index (χ0) is 13.5. The molecule has 0 bridgehead atoms. The first-order valence-electron chi connectivity index (χ1n) is 7.73.